The van der Waals surface area contributed by atoms with Crippen molar-refractivity contribution in [1.82, 2.24) is 15.2 Å². The Morgan fingerprint density at radius 3 is 2.02 bits per heavy atom. The van der Waals surface area contributed by atoms with Crippen LogP contribution in [0.1, 0.15) is 31.4 Å². The number of hydrogen-bond donors (Lipinski definition) is 6. The number of fused-ring (bicyclic) bond motifs is 1. The Morgan fingerprint density at radius 2 is 1.51 bits per heavy atom. The van der Waals surface area contributed by atoms with Gasteiger partial charge in [-0.05, 0) is 31.4 Å². The van der Waals surface area contributed by atoms with Crippen molar-refractivity contribution in [2.75, 3.05) is 26.7 Å². The highest BCUT2D eigenvalue weighted by Gasteiger charge is 2.54. The Labute approximate surface area is 271 Å². The van der Waals surface area contributed by atoms with Crippen LogP contribution in [0, 0.1) is 5.41 Å². The molecule has 0 spiro atoms. The topological polar surface area (TPSA) is 232 Å². The molecule has 2 aliphatic rings. The molecule has 7 N–H and O–H groups in total. The number of amides is 3. The van der Waals surface area contributed by atoms with Gasteiger partial charge in [0.25, 0.3) is 5.91 Å². The van der Waals surface area contributed by atoms with Crippen LogP contribution >= 0.6 is 0 Å². The number of carboxylic acid groups (broad SMARTS) is 2. The molecule has 1 saturated heterocycles. The van der Waals surface area contributed by atoms with Gasteiger partial charge >= 0.3 is 11.9 Å². The van der Waals surface area contributed by atoms with Gasteiger partial charge in [0.2, 0.25) is 11.8 Å². The predicted octanol–water partition coefficient (Wildman–Crippen LogP) is -0.408. The molecule has 0 aromatic heterocycles. The molecule has 0 radical (unpaired) electrons. The van der Waals surface area contributed by atoms with E-state index in [1.54, 1.807) is 25.8 Å². The number of carbonyl (C=O) groups excluding carboxylic acids is 3. The molecule has 254 valence electrons. The van der Waals surface area contributed by atoms with Crippen molar-refractivity contribution in [3.8, 4) is 0 Å². The number of nitrogens with one attached hydrogen (secondary N) is 1. The smallest absolute Gasteiger partial charge is 0.335 e. The van der Waals surface area contributed by atoms with Gasteiger partial charge in [-0.2, -0.15) is 5.10 Å². The third kappa shape index (κ3) is 9.42. The van der Waals surface area contributed by atoms with Gasteiger partial charge < -0.3 is 41.1 Å². The number of nitrogens with zero attached hydrogens (tertiary/aromatic N) is 3. The number of ether oxygens (including phenoxy) is 1. The van der Waals surface area contributed by atoms with Gasteiger partial charge in [0.1, 0.15) is 11.5 Å². The molecule has 0 saturated carbocycles. The van der Waals surface area contributed by atoms with Crippen LogP contribution in [0.2, 0.25) is 0 Å². The zero-order chi connectivity index (χ0) is 34.9. The lowest BCUT2D eigenvalue weighted by Crippen LogP contribution is -2.61. The quantitative estimate of drug-likeness (QED) is 0.172. The maximum Gasteiger partial charge on any atom is 0.335 e. The summed E-state index contributed by atoms with van der Waals surface area (Å²) >= 11 is 0. The lowest BCUT2D eigenvalue weighted by atomic mass is 9.73. The molecular formula is C32H41N5O10. The molecule has 2 aromatic rings. The molecule has 2 aliphatic heterocycles. The number of hydrogen-bond acceptors (Lipinski definition) is 10. The molecule has 2 aromatic carbocycles. The summed E-state index contributed by atoms with van der Waals surface area (Å²) < 4.78 is 5.85. The number of piperidine rings is 1. The number of aliphatic carboxylic acids is 2. The normalized spacial score (nSPS) is 19.4. The Balaban J connectivity index is 0.000000520. The maximum atomic E-state index is 13.8. The van der Waals surface area contributed by atoms with Gasteiger partial charge in [-0.3, -0.25) is 14.4 Å². The second-order valence-corrected chi connectivity index (χ2v) is 11.9. The van der Waals surface area contributed by atoms with E-state index in [-0.39, 0.29) is 25.0 Å². The fourth-order valence-electron chi connectivity index (χ4n) is 5.09. The van der Waals surface area contributed by atoms with Gasteiger partial charge in [0, 0.05) is 26.6 Å². The number of hydrazone groups is 1. The van der Waals surface area contributed by atoms with E-state index < -0.39 is 47.0 Å². The van der Waals surface area contributed by atoms with E-state index in [2.05, 4.69) is 10.4 Å². The Morgan fingerprint density at radius 1 is 0.979 bits per heavy atom. The van der Waals surface area contributed by atoms with E-state index in [1.165, 1.54) is 5.01 Å². The second kappa shape index (κ2) is 15.7. The third-order valence-electron chi connectivity index (χ3n) is 7.66. The summed E-state index contributed by atoms with van der Waals surface area (Å²) in [5.41, 5.74) is 6.63. The zero-order valence-electron chi connectivity index (χ0n) is 26.4. The summed E-state index contributed by atoms with van der Waals surface area (Å²) in [7, 11) is 1.65. The van der Waals surface area contributed by atoms with Crippen LogP contribution in [0.25, 0.3) is 0 Å². The number of nitrogens with two attached hydrogens (primary N) is 1. The van der Waals surface area contributed by atoms with Crippen molar-refractivity contribution >= 4 is 35.4 Å². The molecular weight excluding hydrogens is 614 g/mol. The van der Waals surface area contributed by atoms with E-state index in [0.717, 1.165) is 16.8 Å². The minimum atomic E-state index is -2.27. The fraction of sp³-hybridized carbons (Fsp3) is 0.438. The first-order chi connectivity index (χ1) is 22.1. The SMILES string of the molecule is CN1N=C2CCN(C(=O)C(COCc3ccccc3)NC(=O)C(C)(C)N)CC2(Cc2ccccc2)C1=O.O=C(O)C(O)C(O)C(=O)O. The number of likely N-dealkylation sites (tertiary alicyclic amines) is 1. The Kier molecular flexibility index (Phi) is 12.3. The van der Waals surface area contributed by atoms with Crippen molar-refractivity contribution in [3.63, 3.8) is 0 Å². The standard InChI is InChI=1S/C28H35N5O4.C4H6O6/c1-27(2,29)25(35)30-22(18-37-17-21-12-8-5-9-13-21)24(34)33-15-14-23-28(19-33,26(36)32(3)31-23)16-20-10-6-4-7-11-20;5-1(3(7)8)2(6)4(9)10/h4-13,22H,14-19,29H2,1-3H3,(H,30,35);1-2,5-6H,(H,7,8)(H,9,10). The van der Waals surface area contributed by atoms with Gasteiger partial charge in [-0.25, -0.2) is 14.6 Å². The maximum absolute atomic E-state index is 13.8. The average molecular weight is 656 g/mol. The summed E-state index contributed by atoms with van der Waals surface area (Å²) in [6.07, 6.45) is -3.62. The minimum absolute atomic E-state index is 0.0213. The van der Waals surface area contributed by atoms with Crippen LogP contribution in [-0.2, 0) is 41.7 Å². The van der Waals surface area contributed by atoms with Crippen LogP contribution in [0.4, 0.5) is 0 Å². The molecule has 15 nitrogen and oxygen atoms in total. The molecule has 3 amide bonds. The summed E-state index contributed by atoms with van der Waals surface area (Å²) in [6, 6.07) is 18.4. The third-order valence-corrected chi connectivity index (χ3v) is 7.66. The van der Waals surface area contributed by atoms with Crippen LogP contribution in [0.5, 0.6) is 0 Å². The second-order valence-electron chi connectivity index (χ2n) is 11.9. The number of aliphatic hydroxyl groups excluding tert-OH is 2. The zero-order valence-corrected chi connectivity index (χ0v) is 26.4. The van der Waals surface area contributed by atoms with Crippen LogP contribution in [-0.4, -0.2) is 116 Å². The van der Waals surface area contributed by atoms with Crippen molar-refractivity contribution < 1.29 is 49.1 Å². The van der Waals surface area contributed by atoms with Crippen molar-refractivity contribution in [3.05, 3.63) is 71.8 Å². The molecule has 0 bridgehead atoms. The van der Waals surface area contributed by atoms with Gasteiger partial charge in [-0.1, -0.05) is 60.7 Å². The Hall–Kier alpha value is -4.70. The van der Waals surface area contributed by atoms with E-state index in [0.29, 0.717) is 26.0 Å². The molecule has 1 fully saturated rings. The molecule has 4 atom stereocenters. The van der Waals surface area contributed by atoms with Crippen molar-refractivity contribution in [2.24, 2.45) is 16.3 Å². The molecule has 0 aliphatic carbocycles. The number of rotatable bonds is 12. The summed E-state index contributed by atoms with van der Waals surface area (Å²) in [5, 5.41) is 41.2. The highest BCUT2D eigenvalue weighted by Crippen LogP contribution is 2.38. The lowest BCUT2D eigenvalue weighted by molar-refractivity contribution is -0.165. The largest absolute Gasteiger partial charge is 0.479 e. The van der Waals surface area contributed by atoms with E-state index in [9.17, 15) is 24.0 Å². The first-order valence-corrected chi connectivity index (χ1v) is 14.8. The minimum Gasteiger partial charge on any atom is -0.479 e. The van der Waals surface area contributed by atoms with E-state index in [1.807, 2.05) is 60.7 Å². The van der Waals surface area contributed by atoms with Crippen molar-refractivity contribution in [1.29, 1.82) is 0 Å². The summed E-state index contributed by atoms with van der Waals surface area (Å²) in [5.74, 6) is -4.43. The highest BCUT2D eigenvalue weighted by molar-refractivity contribution is 6.13. The molecule has 2 heterocycles. The number of carbonyl (C=O) groups is 5. The number of aliphatic hydroxyl groups is 2. The first kappa shape index (κ1) is 36.8. The predicted molar refractivity (Wildman–Crippen MR) is 168 cm³/mol. The number of carboxylic acids is 2. The average Bonchev–Trinajstić information content (AvgIpc) is 3.28. The fourth-order valence-corrected chi connectivity index (χ4v) is 5.09. The van der Waals surface area contributed by atoms with Crippen LogP contribution < -0.4 is 11.1 Å². The first-order valence-electron chi connectivity index (χ1n) is 14.8. The van der Waals surface area contributed by atoms with E-state index >= 15 is 0 Å². The monoisotopic (exact) mass is 655 g/mol. The van der Waals surface area contributed by atoms with Crippen LogP contribution in [0.15, 0.2) is 65.8 Å². The molecule has 4 unspecified atom stereocenters. The number of benzene rings is 2. The molecule has 4 rings (SSSR count). The Bertz CT molecular complexity index is 1450. The summed E-state index contributed by atoms with van der Waals surface area (Å²) in [4.78, 5) is 61.1. The van der Waals surface area contributed by atoms with Crippen LogP contribution in [0.3, 0.4) is 0 Å². The lowest BCUT2D eigenvalue weighted by Gasteiger charge is -2.40. The van der Waals surface area contributed by atoms with Gasteiger partial charge in [-0.15, -0.1) is 0 Å². The van der Waals surface area contributed by atoms with Crippen molar-refractivity contribution in [2.45, 2.75) is 57.1 Å². The van der Waals surface area contributed by atoms with Gasteiger partial charge in [0.05, 0.1) is 24.5 Å². The highest BCUT2D eigenvalue weighted by atomic mass is 16.5. The summed E-state index contributed by atoms with van der Waals surface area (Å²) in [6.45, 7) is 4.02. The molecule has 15 heteroatoms. The molecule has 47 heavy (non-hydrogen) atoms. The van der Waals surface area contributed by atoms with E-state index in [4.69, 9.17) is 30.9 Å². The van der Waals surface area contributed by atoms with Gasteiger partial charge in [0.15, 0.2) is 12.2 Å².